The number of halogens is 2. The fourth-order valence-corrected chi connectivity index (χ4v) is 16.9. The molecule has 0 saturated carbocycles. The number of benzene rings is 1. The molecule has 15 heavy (non-hydrogen) atoms. The summed E-state index contributed by atoms with van der Waals surface area (Å²) in [4.78, 5) is 0. The van der Waals surface area contributed by atoms with Gasteiger partial charge >= 0.3 is 0 Å². The third-order valence-electron chi connectivity index (χ3n) is 2.51. The van der Waals surface area contributed by atoms with Crippen LogP contribution < -0.4 is 5.46 Å². The van der Waals surface area contributed by atoms with Crippen LogP contribution in [-0.4, -0.2) is 20.4 Å². The molecule has 0 N–H and O–H groups in total. The molecule has 0 heterocycles. The zero-order chi connectivity index (χ0) is 11.7. The average Bonchev–Trinajstić information content (AvgIpc) is 2.00. The maximum absolute atomic E-state index is 6.61. The predicted molar refractivity (Wildman–Crippen MR) is 78.5 cm³/mol. The minimum atomic E-state index is -1.76. The SMILES string of the molecule is C[Si](C)(Cl)B(c1ccccc1)[Si](C)(C)Cl. The van der Waals surface area contributed by atoms with E-state index in [1.54, 1.807) is 0 Å². The van der Waals surface area contributed by atoms with Gasteiger partial charge in [0.1, 0.15) is 14.5 Å². The van der Waals surface area contributed by atoms with E-state index in [1.165, 1.54) is 5.46 Å². The standard InChI is InChI=1S/C10H17BCl2Si2/c1-14(2,12)11(15(3,4)13)10-8-6-5-7-9-10/h5-9H,1-4H3. The first-order chi connectivity index (χ1) is 6.73. The van der Waals surface area contributed by atoms with Crippen LogP contribution in [0.15, 0.2) is 30.3 Å². The molecule has 0 atom stereocenters. The Hall–Kier alpha value is 0.299. The van der Waals surface area contributed by atoms with Crippen LogP contribution >= 0.6 is 22.2 Å². The molecule has 82 valence electrons. The molecule has 1 aromatic rings. The molecule has 0 spiro atoms. The predicted octanol–water partition coefficient (Wildman–Crippen LogP) is 3.43. The molecule has 0 aliphatic heterocycles. The first-order valence-electron chi connectivity index (χ1n) is 5.15. The van der Waals surface area contributed by atoms with Crippen LogP contribution in [0.5, 0.6) is 0 Å². The fourth-order valence-electron chi connectivity index (χ4n) is 2.25. The lowest BCUT2D eigenvalue weighted by Crippen LogP contribution is -2.63. The molecule has 0 fully saturated rings. The second-order valence-electron chi connectivity index (χ2n) is 4.97. The summed E-state index contributed by atoms with van der Waals surface area (Å²) in [5.41, 5.74) is 1.32. The first kappa shape index (κ1) is 13.4. The Kier molecular flexibility index (Phi) is 4.15. The van der Waals surface area contributed by atoms with Gasteiger partial charge in [-0.2, -0.15) is 22.2 Å². The number of rotatable bonds is 3. The zero-order valence-corrected chi connectivity index (χ0v) is 13.2. The molecular formula is C10H17BCl2Si2. The van der Waals surface area contributed by atoms with Gasteiger partial charge in [-0.05, 0) is 0 Å². The van der Waals surface area contributed by atoms with Gasteiger partial charge < -0.3 is 0 Å². The summed E-state index contributed by atoms with van der Waals surface area (Å²) < 4.78 is 0. The summed E-state index contributed by atoms with van der Waals surface area (Å²) >= 11 is 13.2. The van der Waals surface area contributed by atoms with Crippen LogP contribution in [0.2, 0.25) is 26.2 Å². The van der Waals surface area contributed by atoms with E-state index >= 15 is 0 Å². The highest BCUT2D eigenvalue weighted by atomic mass is 35.6. The van der Waals surface area contributed by atoms with Crippen LogP contribution in [0.25, 0.3) is 0 Å². The highest BCUT2D eigenvalue weighted by Gasteiger charge is 2.46. The lowest BCUT2D eigenvalue weighted by atomic mass is 9.92. The zero-order valence-electron chi connectivity index (χ0n) is 9.72. The van der Waals surface area contributed by atoms with Crippen molar-refractivity contribution in [2.75, 3.05) is 0 Å². The molecule has 0 amide bonds. The van der Waals surface area contributed by atoms with Gasteiger partial charge in [-0.25, -0.2) is 0 Å². The second kappa shape index (κ2) is 4.66. The average molecular weight is 275 g/mol. The van der Waals surface area contributed by atoms with Crippen molar-refractivity contribution >= 4 is 48.0 Å². The van der Waals surface area contributed by atoms with E-state index in [2.05, 4.69) is 50.5 Å². The minimum Gasteiger partial charge on any atom is -0.176 e. The van der Waals surface area contributed by atoms with Gasteiger partial charge in [0, 0.05) is 0 Å². The molecule has 0 aliphatic rings. The maximum atomic E-state index is 6.61. The summed E-state index contributed by atoms with van der Waals surface area (Å²) in [5.74, 6) is 0.398. The highest BCUT2D eigenvalue weighted by molar-refractivity contribution is 7.80. The second-order valence-corrected chi connectivity index (χ2v) is 18.8. The summed E-state index contributed by atoms with van der Waals surface area (Å²) in [5, 5.41) is 0. The van der Waals surface area contributed by atoms with Crippen LogP contribution in [0.3, 0.4) is 0 Å². The van der Waals surface area contributed by atoms with Gasteiger partial charge in [0.05, 0.1) is 0 Å². The lowest BCUT2D eigenvalue weighted by molar-refractivity contribution is 1.76. The largest absolute Gasteiger partial charge is 0.200 e. The Balaban J connectivity index is 3.15. The summed E-state index contributed by atoms with van der Waals surface area (Å²) in [6.07, 6.45) is 0. The molecule has 5 heteroatoms. The number of hydrogen-bond donors (Lipinski definition) is 0. The first-order valence-corrected chi connectivity index (χ1v) is 13.3. The third-order valence-corrected chi connectivity index (χ3v) is 12.7. The summed E-state index contributed by atoms with van der Waals surface area (Å²) in [6, 6.07) is 10.5. The van der Waals surface area contributed by atoms with Crippen molar-refractivity contribution in [2.45, 2.75) is 26.2 Å². The van der Waals surface area contributed by atoms with E-state index in [-0.39, 0.29) is 0 Å². The minimum absolute atomic E-state index is 0.398. The Labute approximate surface area is 104 Å². The molecule has 0 aliphatic carbocycles. The smallest absolute Gasteiger partial charge is 0.176 e. The molecular weight excluding hydrogens is 258 g/mol. The Morgan fingerprint density at radius 2 is 1.27 bits per heavy atom. The van der Waals surface area contributed by atoms with E-state index in [1.807, 2.05) is 6.07 Å². The maximum Gasteiger partial charge on any atom is 0.200 e. The van der Waals surface area contributed by atoms with E-state index in [4.69, 9.17) is 22.2 Å². The summed E-state index contributed by atoms with van der Waals surface area (Å²) in [7, 11) is -3.52. The number of hydrogen-bond acceptors (Lipinski definition) is 0. The monoisotopic (exact) mass is 274 g/mol. The van der Waals surface area contributed by atoms with Crippen molar-refractivity contribution in [3.8, 4) is 0 Å². The molecule has 1 aromatic carbocycles. The highest BCUT2D eigenvalue weighted by Crippen LogP contribution is 2.23. The van der Waals surface area contributed by atoms with E-state index < -0.39 is 14.5 Å². The van der Waals surface area contributed by atoms with Crippen molar-refractivity contribution in [3.63, 3.8) is 0 Å². The Bertz CT molecular complexity index is 302. The molecule has 0 saturated heterocycles. The molecule has 0 aromatic heterocycles. The Morgan fingerprint density at radius 1 is 0.867 bits per heavy atom. The van der Waals surface area contributed by atoms with Crippen molar-refractivity contribution < 1.29 is 0 Å². The van der Waals surface area contributed by atoms with Gasteiger partial charge in [0.15, 0.2) is 0 Å². The molecule has 1 rings (SSSR count). The van der Waals surface area contributed by atoms with Crippen LogP contribution in [0, 0.1) is 0 Å². The molecule has 0 unspecified atom stereocenters. The summed E-state index contributed by atoms with van der Waals surface area (Å²) in [6.45, 7) is 8.74. The van der Waals surface area contributed by atoms with E-state index in [9.17, 15) is 0 Å². The molecule has 0 bridgehead atoms. The van der Waals surface area contributed by atoms with Gasteiger partial charge in [-0.3, -0.25) is 0 Å². The van der Waals surface area contributed by atoms with Crippen molar-refractivity contribution in [1.82, 2.24) is 0 Å². The van der Waals surface area contributed by atoms with Crippen LogP contribution in [-0.2, 0) is 0 Å². The third kappa shape index (κ3) is 3.66. The van der Waals surface area contributed by atoms with Crippen molar-refractivity contribution in [2.24, 2.45) is 0 Å². The van der Waals surface area contributed by atoms with E-state index in [0.29, 0.717) is 5.90 Å². The van der Waals surface area contributed by atoms with Crippen LogP contribution in [0.4, 0.5) is 0 Å². The van der Waals surface area contributed by atoms with Crippen LogP contribution in [0.1, 0.15) is 0 Å². The lowest BCUT2D eigenvalue weighted by Gasteiger charge is -2.31. The molecule has 0 radical (unpaired) electrons. The van der Waals surface area contributed by atoms with Gasteiger partial charge in [0.25, 0.3) is 0 Å². The topological polar surface area (TPSA) is 0 Å². The van der Waals surface area contributed by atoms with E-state index in [0.717, 1.165) is 0 Å². The Morgan fingerprint density at radius 3 is 1.60 bits per heavy atom. The molecule has 0 nitrogen and oxygen atoms in total. The van der Waals surface area contributed by atoms with Gasteiger partial charge in [0.2, 0.25) is 5.90 Å². The van der Waals surface area contributed by atoms with Gasteiger partial charge in [-0.15, -0.1) is 0 Å². The normalized spacial score (nSPS) is 12.7. The van der Waals surface area contributed by atoms with Crippen molar-refractivity contribution in [3.05, 3.63) is 30.3 Å². The van der Waals surface area contributed by atoms with Crippen molar-refractivity contribution in [1.29, 1.82) is 0 Å². The quantitative estimate of drug-likeness (QED) is 0.585. The fraction of sp³-hybridized carbons (Fsp3) is 0.400. The van der Waals surface area contributed by atoms with Gasteiger partial charge in [-0.1, -0.05) is 62.0 Å².